The maximum Gasteiger partial charge on any atom is 0.158 e. The van der Waals surface area contributed by atoms with E-state index in [4.69, 9.17) is 4.98 Å². The van der Waals surface area contributed by atoms with E-state index in [1.165, 1.54) is 0 Å². The van der Waals surface area contributed by atoms with Crippen LogP contribution in [-0.4, -0.2) is 55.9 Å². The molecule has 0 spiro atoms. The van der Waals surface area contributed by atoms with Crippen molar-refractivity contribution in [2.45, 2.75) is 6.92 Å². The molecule has 0 aliphatic carbocycles. The van der Waals surface area contributed by atoms with Crippen molar-refractivity contribution < 1.29 is 0 Å². The number of anilines is 2. The Balaban J connectivity index is 1.31. The predicted octanol–water partition coefficient (Wildman–Crippen LogP) is 2.24. The zero-order chi connectivity index (χ0) is 18.9. The summed E-state index contributed by atoms with van der Waals surface area (Å²) >= 11 is 0. The van der Waals surface area contributed by atoms with Crippen LogP contribution in [0.3, 0.4) is 0 Å². The molecule has 8 heteroatoms. The van der Waals surface area contributed by atoms with E-state index < -0.39 is 0 Å². The highest BCUT2D eigenvalue weighted by Crippen LogP contribution is 2.20. The number of aryl methyl sites for hydroxylation is 1. The fraction of sp³-hybridized carbons (Fsp3) is 0.250. The molecule has 0 amide bonds. The average Bonchev–Trinajstić information content (AvgIpc) is 3.20. The molecule has 1 aliphatic rings. The number of piperazine rings is 1. The first kappa shape index (κ1) is 16.6. The largest absolute Gasteiger partial charge is 0.353 e. The minimum atomic E-state index is 0.779. The molecule has 140 valence electrons. The third-order valence-corrected chi connectivity index (χ3v) is 4.96. The van der Waals surface area contributed by atoms with Gasteiger partial charge in [0.2, 0.25) is 0 Å². The Morgan fingerprint density at radius 2 is 1.50 bits per heavy atom. The second-order valence-electron chi connectivity index (χ2n) is 6.83. The molecule has 0 unspecified atom stereocenters. The number of fused-ring (bicyclic) bond motifs is 1. The maximum absolute atomic E-state index is 4.76. The van der Waals surface area contributed by atoms with Crippen molar-refractivity contribution in [2.24, 2.45) is 0 Å². The van der Waals surface area contributed by atoms with Crippen LogP contribution in [0.4, 0.5) is 11.6 Å². The van der Waals surface area contributed by atoms with Crippen LogP contribution in [0.5, 0.6) is 0 Å². The number of hydrogen-bond acceptors (Lipinski definition) is 7. The van der Waals surface area contributed by atoms with Gasteiger partial charge in [0.15, 0.2) is 5.82 Å². The van der Waals surface area contributed by atoms with E-state index in [-0.39, 0.29) is 0 Å². The Kier molecular flexibility index (Phi) is 4.08. The van der Waals surface area contributed by atoms with E-state index in [2.05, 4.69) is 29.9 Å². The summed E-state index contributed by atoms with van der Waals surface area (Å²) in [6.45, 7) is 5.43. The molecule has 4 heterocycles. The van der Waals surface area contributed by atoms with Gasteiger partial charge in [-0.3, -0.25) is 4.98 Å². The highest BCUT2D eigenvalue weighted by atomic mass is 15.3. The predicted molar refractivity (Wildman–Crippen MR) is 108 cm³/mol. The standard InChI is InChI=1S/C20H20N8/c1-15-6-7-28(25-15)19-12-18(22-14-23-19)26-8-10-27(11-9-26)20-13-21-16-4-2-3-5-17(16)24-20/h2-7,12-14H,8-11H2,1H3. The molecule has 8 nitrogen and oxygen atoms in total. The molecule has 1 aromatic carbocycles. The number of para-hydroxylation sites is 2. The number of rotatable bonds is 3. The van der Waals surface area contributed by atoms with Crippen LogP contribution in [0.2, 0.25) is 0 Å². The van der Waals surface area contributed by atoms with Crippen molar-refractivity contribution in [1.82, 2.24) is 29.7 Å². The van der Waals surface area contributed by atoms with E-state index >= 15 is 0 Å². The van der Waals surface area contributed by atoms with Gasteiger partial charge in [-0.2, -0.15) is 5.10 Å². The minimum Gasteiger partial charge on any atom is -0.353 e. The van der Waals surface area contributed by atoms with E-state index in [1.54, 1.807) is 11.0 Å². The third kappa shape index (κ3) is 3.13. The Bertz CT molecular complexity index is 1110. The summed E-state index contributed by atoms with van der Waals surface area (Å²) in [6, 6.07) is 11.9. The molecular formula is C20H20N8. The van der Waals surface area contributed by atoms with Gasteiger partial charge in [-0.25, -0.2) is 19.6 Å². The number of aromatic nitrogens is 6. The second kappa shape index (κ2) is 6.88. The Morgan fingerprint density at radius 3 is 2.25 bits per heavy atom. The third-order valence-electron chi connectivity index (χ3n) is 4.96. The number of hydrogen-bond donors (Lipinski definition) is 0. The molecule has 0 radical (unpaired) electrons. The summed E-state index contributed by atoms with van der Waals surface area (Å²) in [5, 5.41) is 4.43. The summed E-state index contributed by atoms with van der Waals surface area (Å²) in [7, 11) is 0. The highest BCUT2D eigenvalue weighted by Gasteiger charge is 2.20. The monoisotopic (exact) mass is 372 g/mol. The fourth-order valence-corrected chi connectivity index (χ4v) is 3.44. The first-order valence-electron chi connectivity index (χ1n) is 9.33. The fourth-order valence-electron chi connectivity index (χ4n) is 3.44. The van der Waals surface area contributed by atoms with Gasteiger partial charge in [-0.1, -0.05) is 12.1 Å². The van der Waals surface area contributed by atoms with Gasteiger partial charge < -0.3 is 9.80 Å². The molecule has 5 rings (SSSR count). The molecule has 4 aromatic rings. The van der Waals surface area contributed by atoms with E-state index in [0.29, 0.717) is 0 Å². The van der Waals surface area contributed by atoms with Crippen molar-refractivity contribution in [3.63, 3.8) is 0 Å². The molecule has 0 atom stereocenters. The molecular weight excluding hydrogens is 352 g/mol. The van der Waals surface area contributed by atoms with Crippen molar-refractivity contribution in [3.05, 3.63) is 60.8 Å². The van der Waals surface area contributed by atoms with Crippen LogP contribution in [-0.2, 0) is 0 Å². The van der Waals surface area contributed by atoms with Crippen molar-refractivity contribution in [1.29, 1.82) is 0 Å². The zero-order valence-corrected chi connectivity index (χ0v) is 15.6. The average molecular weight is 372 g/mol. The molecule has 28 heavy (non-hydrogen) atoms. The van der Waals surface area contributed by atoms with Gasteiger partial charge in [-0.05, 0) is 25.1 Å². The van der Waals surface area contributed by atoms with Crippen LogP contribution in [0.15, 0.2) is 55.1 Å². The van der Waals surface area contributed by atoms with Crippen LogP contribution < -0.4 is 9.80 Å². The van der Waals surface area contributed by atoms with Crippen molar-refractivity contribution >= 4 is 22.7 Å². The van der Waals surface area contributed by atoms with Gasteiger partial charge >= 0.3 is 0 Å². The van der Waals surface area contributed by atoms with Crippen LogP contribution in [0.1, 0.15) is 5.69 Å². The topological polar surface area (TPSA) is 75.9 Å². The lowest BCUT2D eigenvalue weighted by molar-refractivity contribution is 0.640. The van der Waals surface area contributed by atoms with Crippen LogP contribution in [0, 0.1) is 6.92 Å². The highest BCUT2D eigenvalue weighted by molar-refractivity contribution is 5.75. The molecule has 1 saturated heterocycles. The Labute approximate surface area is 162 Å². The Morgan fingerprint density at radius 1 is 0.786 bits per heavy atom. The SMILES string of the molecule is Cc1ccn(-c2cc(N3CCN(c4cnc5ccccc5n4)CC3)ncn2)n1. The summed E-state index contributed by atoms with van der Waals surface area (Å²) in [6.07, 6.45) is 5.38. The van der Waals surface area contributed by atoms with E-state index in [9.17, 15) is 0 Å². The molecule has 0 N–H and O–H groups in total. The molecule has 0 bridgehead atoms. The summed E-state index contributed by atoms with van der Waals surface area (Å²) in [4.78, 5) is 22.6. The van der Waals surface area contributed by atoms with Crippen molar-refractivity contribution in [2.75, 3.05) is 36.0 Å². The van der Waals surface area contributed by atoms with E-state index in [1.807, 2.05) is 55.7 Å². The lowest BCUT2D eigenvalue weighted by Gasteiger charge is -2.35. The zero-order valence-electron chi connectivity index (χ0n) is 15.6. The first-order valence-corrected chi connectivity index (χ1v) is 9.33. The first-order chi connectivity index (χ1) is 13.8. The van der Waals surface area contributed by atoms with Gasteiger partial charge in [0, 0.05) is 38.4 Å². The van der Waals surface area contributed by atoms with Crippen molar-refractivity contribution in [3.8, 4) is 5.82 Å². The van der Waals surface area contributed by atoms with Gasteiger partial charge in [0.1, 0.15) is 18.0 Å². The van der Waals surface area contributed by atoms with Gasteiger partial charge in [0.25, 0.3) is 0 Å². The number of nitrogens with zero attached hydrogens (tertiary/aromatic N) is 8. The van der Waals surface area contributed by atoms with Gasteiger partial charge in [0.05, 0.1) is 22.9 Å². The minimum absolute atomic E-state index is 0.779. The maximum atomic E-state index is 4.76. The molecule has 1 aliphatic heterocycles. The van der Waals surface area contributed by atoms with Crippen LogP contribution >= 0.6 is 0 Å². The van der Waals surface area contributed by atoms with Crippen LogP contribution in [0.25, 0.3) is 16.9 Å². The Hall–Kier alpha value is -3.55. The van der Waals surface area contributed by atoms with Gasteiger partial charge in [-0.15, -0.1) is 0 Å². The lowest BCUT2D eigenvalue weighted by Crippen LogP contribution is -2.47. The second-order valence-corrected chi connectivity index (χ2v) is 6.83. The molecule has 0 saturated carbocycles. The smallest absolute Gasteiger partial charge is 0.158 e. The molecule has 1 fully saturated rings. The lowest BCUT2D eigenvalue weighted by atomic mass is 10.3. The number of benzene rings is 1. The summed E-state index contributed by atoms with van der Waals surface area (Å²) < 4.78 is 1.78. The summed E-state index contributed by atoms with van der Waals surface area (Å²) in [5.41, 5.74) is 2.81. The molecule has 3 aromatic heterocycles. The quantitative estimate of drug-likeness (QED) is 0.546. The normalized spacial score (nSPS) is 14.6. The summed E-state index contributed by atoms with van der Waals surface area (Å²) in [5.74, 6) is 2.62. The van der Waals surface area contributed by atoms with E-state index in [0.717, 1.165) is 60.4 Å².